The van der Waals surface area contributed by atoms with Crippen molar-refractivity contribution in [2.75, 3.05) is 19.8 Å². The summed E-state index contributed by atoms with van der Waals surface area (Å²) in [6.45, 7) is 5.37. The van der Waals surface area contributed by atoms with E-state index in [0.717, 1.165) is 19.3 Å². The van der Waals surface area contributed by atoms with Crippen LogP contribution < -0.4 is 0 Å². The maximum absolute atomic E-state index is 12.2. The van der Waals surface area contributed by atoms with Gasteiger partial charge in [0, 0.05) is 13.0 Å². The fraction of sp³-hybridized carbons (Fsp3) is 0.929. The van der Waals surface area contributed by atoms with Gasteiger partial charge in [-0.15, -0.1) is 0 Å². The highest BCUT2D eigenvalue weighted by Crippen LogP contribution is 2.15. The zero-order valence-electron chi connectivity index (χ0n) is 31.4. The molecule has 0 aromatic rings. The fourth-order valence-corrected chi connectivity index (χ4v) is 6.21. The van der Waals surface area contributed by atoms with E-state index in [1.165, 1.54) is 186 Å². The molecule has 0 aliphatic heterocycles. The van der Waals surface area contributed by atoms with E-state index in [9.17, 15) is 9.90 Å². The fourth-order valence-electron chi connectivity index (χ4n) is 6.21. The van der Waals surface area contributed by atoms with Gasteiger partial charge in [0.2, 0.25) is 0 Å². The summed E-state index contributed by atoms with van der Waals surface area (Å²) in [5.41, 5.74) is 0. The van der Waals surface area contributed by atoms with Crippen molar-refractivity contribution in [3.05, 3.63) is 12.2 Å². The van der Waals surface area contributed by atoms with Gasteiger partial charge in [-0.05, 0) is 38.5 Å². The van der Waals surface area contributed by atoms with Crippen molar-refractivity contribution in [1.82, 2.24) is 0 Å². The Balaban J connectivity index is 3.39. The summed E-state index contributed by atoms with van der Waals surface area (Å²) in [7, 11) is 0. The van der Waals surface area contributed by atoms with E-state index >= 15 is 0 Å². The number of hydrogen-bond donors (Lipinski definition) is 1. The third kappa shape index (κ3) is 37.6. The molecule has 0 aromatic carbocycles. The first kappa shape index (κ1) is 45.1. The molecule has 0 saturated heterocycles. The molecule has 1 N–H and O–H groups in total. The smallest absolute Gasteiger partial charge is 0.306 e. The third-order valence-electron chi connectivity index (χ3n) is 9.34. The van der Waals surface area contributed by atoms with E-state index in [1.54, 1.807) is 0 Å². The second-order valence-electron chi connectivity index (χ2n) is 14.1. The van der Waals surface area contributed by atoms with Crippen LogP contribution in [-0.4, -0.2) is 37.0 Å². The van der Waals surface area contributed by atoms with E-state index in [2.05, 4.69) is 26.0 Å². The Labute approximate surface area is 288 Å². The lowest BCUT2D eigenvalue weighted by Gasteiger charge is -2.15. The highest BCUT2D eigenvalue weighted by Gasteiger charge is 2.13. The van der Waals surface area contributed by atoms with Gasteiger partial charge in [-0.2, -0.15) is 0 Å². The molecule has 4 nitrogen and oxygen atoms in total. The molecular weight excluding hydrogens is 568 g/mol. The Kier molecular flexibility index (Phi) is 39.5. The molecule has 0 aliphatic rings. The lowest BCUT2D eigenvalue weighted by atomic mass is 10.0. The molecular formula is C42H82O4. The summed E-state index contributed by atoms with van der Waals surface area (Å²) < 4.78 is 11.1. The number of carbonyl (C=O) groups is 1. The Morgan fingerprint density at radius 1 is 0.500 bits per heavy atom. The summed E-state index contributed by atoms with van der Waals surface area (Å²) in [4.78, 5) is 12.2. The number of allylic oxidation sites excluding steroid dienone is 2. The number of ether oxygens (including phenoxy) is 2. The number of unbranched alkanes of at least 4 members (excludes halogenated alkanes) is 29. The number of aliphatic hydroxyl groups excluding tert-OH is 1. The van der Waals surface area contributed by atoms with Crippen LogP contribution >= 0.6 is 0 Å². The van der Waals surface area contributed by atoms with Crippen LogP contribution in [0.5, 0.6) is 0 Å². The molecule has 0 rings (SSSR count). The van der Waals surface area contributed by atoms with Crippen molar-refractivity contribution in [2.45, 2.75) is 232 Å². The van der Waals surface area contributed by atoms with Gasteiger partial charge in [0.1, 0.15) is 6.10 Å². The summed E-state index contributed by atoms with van der Waals surface area (Å²) in [6, 6.07) is 0. The number of hydrogen-bond acceptors (Lipinski definition) is 4. The molecule has 0 spiro atoms. The Morgan fingerprint density at radius 2 is 0.848 bits per heavy atom. The molecule has 0 fully saturated rings. The maximum atomic E-state index is 12.2. The number of esters is 1. The van der Waals surface area contributed by atoms with Crippen LogP contribution in [0.2, 0.25) is 0 Å². The maximum Gasteiger partial charge on any atom is 0.306 e. The minimum atomic E-state index is -0.530. The predicted octanol–water partition coefficient (Wildman–Crippen LogP) is 13.4. The molecule has 0 bridgehead atoms. The molecule has 0 aliphatic carbocycles. The van der Waals surface area contributed by atoms with Crippen molar-refractivity contribution in [3.63, 3.8) is 0 Å². The molecule has 1 unspecified atom stereocenters. The highest BCUT2D eigenvalue weighted by molar-refractivity contribution is 5.69. The summed E-state index contributed by atoms with van der Waals surface area (Å²) in [6.07, 6.45) is 46.9. The standard InChI is InChI=1S/C42H82O4/c1-3-5-7-9-11-13-15-17-19-21-22-23-25-27-29-31-33-35-37-42(44)46-41(39-43)40-45-38-36-34-32-30-28-26-24-20-18-16-14-12-10-8-6-4-2/h18,20,41,43H,3-17,19,21-40H2,1-2H3/b20-18-. The van der Waals surface area contributed by atoms with Crippen LogP contribution in [0, 0.1) is 0 Å². The summed E-state index contributed by atoms with van der Waals surface area (Å²) >= 11 is 0. The quantitative estimate of drug-likeness (QED) is 0.0408. The topological polar surface area (TPSA) is 55.8 Å². The average Bonchev–Trinajstić information content (AvgIpc) is 3.06. The van der Waals surface area contributed by atoms with Gasteiger partial charge < -0.3 is 14.6 Å². The van der Waals surface area contributed by atoms with Gasteiger partial charge in [0.25, 0.3) is 0 Å². The zero-order chi connectivity index (χ0) is 33.4. The lowest BCUT2D eigenvalue weighted by Crippen LogP contribution is -2.27. The van der Waals surface area contributed by atoms with Crippen molar-refractivity contribution < 1.29 is 19.4 Å². The third-order valence-corrected chi connectivity index (χ3v) is 9.34. The minimum absolute atomic E-state index is 0.168. The monoisotopic (exact) mass is 651 g/mol. The lowest BCUT2D eigenvalue weighted by molar-refractivity contribution is -0.154. The second-order valence-corrected chi connectivity index (χ2v) is 14.1. The van der Waals surface area contributed by atoms with Crippen LogP contribution in [0.25, 0.3) is 0 Å². The largest absolute Gasteiger partial charge is 0.457 e. The Hall–Kier alpha value is -0.870. The van der Waals surface area contributed by atoms with Gasteiger partial charge in [-0.25, -0.2) is 0 Å². The molecule has 0 aromatic heterocycles. The molecule has 0 heterocycles. The van der Waals surface area contributed by atoms with Gasteiger partial charge in [-0.1, -0.05) is 193 Å². The van der Waals surface area contributed by atoms with E-state index in [4.69, 9.17) is 9.47 Å². The van der Waals surface area contributed by atoms with E-state index < -0.39 is 6.10 Å². The van der Waals surface area contributed by atoms with E-state index in [1.807, 2.05) is 0 Å². The van der Waals surface area contributed by atoms with Gasteiger partial charge in [-0.3, -0.25) is 4.79 Å². The van der Waals surface area contributed by atoms with Crippen LogP contribution in [0.1, 0.15) is 226 Å². The summed E-state index contributed by atoms with van der Waals surface area (Å²) in [5.74, 6) is -0.198. The molecule has 4 heteroatoms. The Morgan fingerprint density at radius 3 is 1.24 bits per heavy atom. The van der Waals surface area contributed by atoms with Crippen LogP contribution in [0.15, 0.2) is 12.2 Å². The molecule has 46 heavy (non-hydrogen) atoms. The molecule has 0 saturated carbocycles. The van der Waals surface area contributed by atoms with Crippen LogP contribution in [0.3, 0.4) is 0 Å². The number of carbonyl (C=O) groups excluding carboxylic acids is 1. The molecule has 274 valence electrons. The van der Waals surface area contributed by atoms with Crippen molar-refractivity contribution in [2.24, 2.45) is 0 Å². The number of rotatable bonds is 39. The molecule has 0 radical (unpaired) electrons. The Bertz CT molecular complexity index is 604. The predicted molar refractivity (Wildman–Crippen MR) is 201 cm³/mol. The van der Waals surface area contributed by atoms with Crippen molar-refractivity contribution in [1.29, 1.82) is 0 Å². The average molecular weight is 651 g/mol. The van der Waals surface area contributed by atoms with Crippen molar-refractivity contribution in [3.8, 4) is 0 Å². The van der Waals surface area contributed by atoms with Crippen LogP contribution in [-0.2, 0) is 14.3 Å². The van der Waals surface area contributed by atoms with E-state index in [-0.39, 0.29) is 12.6 Å². The van der Waals surface area contributed by atoms with Crippen molar-refractivity contribution >= 4 is 5.97 Å². The zero-order valence-corrected chi connectivity index (χ0v) is 31.4. The summed E-state index contributed by atoms with van der Waals surface area (Å²) in [5, 5.41) is 9.58. The van der Waals surface area contributed by atoms with Gasteiger partial charge in [0.15, 0.2) is 0 Å². The van der Waals surface area contributed by atoms with Crippen LogP contribution in [0.4, 0.5) is 0 Å². The highest BCUT2D eigenvalue weighted by atomic mass is 16.6. The van der Waals surface area contributed by atoms with Gasteiger partial charge >= 0.3 is 5.97 Å². The first-order valence-corrected chi connectivity index (χ1v) is 20.8. The second kappa shape index (κ2) is 40.3. The first-order valence-electron chi connectivity index (χ1n) is 20.8. The van der Waals surface area contributed by atoms with E-state index in [0.29, 0.717) is 19.6 Å². The first-order chi connectivity index (χ1) is 22.7. The van der Waals surface area contributed by atoms with Gasteiger partial charge in [0.05, 0.1) is 13.2 Å². The SMILES string of the molecule is CCCCCCCC/C=C\CCCCCCCCOCC(CO)OC(=O)CCCCCCCCCCCCCCCCCCCC. The normalized spacial score (nSPS) is 12.3. The molecule has 1 atom stereocenters. The number of aliphatic hydroxyl groups is 1. The molecule has 0 amide bonds. The minimum Gasteiger partial charge on any atom is -0.457 e.